The molecule has 3 atom stereocenters. The lowest BCUT2D eigenvalue weighted by Gasteiger charge is -2.44. The number of carboxylic acids is 1. The predicted molar refractivity (Wildman–Crippen MR) is 76.5 cm³/mol. The highest BCUT2D eigenvalue weighted by molar-refractivity contribution is 5.76. The highest BCUT2D eigenvalue weighted by Crippen LogP contribution is 2.35. The Bertz CT molecular complexity index is 357. The van der Waals surface area contributed by atoms with E-state index in [-0.39, 0.29) is 12.6 Å². The molecular weight excluding hydrogens is 256 g/mol. The van der Waals surface area contributed by atoms with Gasteiger partial charge in [-0.05, 0) is 38.0 Å². The average molecular weight is 282 g/mol. The van der Waals surface area contributed by atoms with Crippen LogP contribution in [0.15, 0.2) is 0 Å². The Labute approximate surface area is 120 Å². The molecule has 1 heterocycles. The number of nitrogens with one attached hydrogen (secondary N) is 1. The van der Waals surface area contributed by atoms with E-state index < -0.39 is 11.9 Å². The second kappa shape index (κ2) is 6.95. The van der Waals surface area contributed by atoms with Gasteiger partial charge in [0, 0.05) is 19.1 Å². The first kappa shape index (κ1) is 15.1. The fraction of sp³-hybridized carbons (Fsp3) is 0.867. The normalized spacial score (nSPS) is 27.6. The van der Waals surface area contributed by atoms with Gasteiger partial charge in [0.25, 0.3) is 0 Å². The lowest BCUT2D eigenvalue weighted by molar-refractivity contribution is -0.141. The molecule has 0 aromatic rings. The Hall–Kier alpha value is -1.26. The molecule has 1 saturated carbocycles. The Balaban J connectivity index is 1.89. The molecule has 0 spiro atoms. The molecule has 0 aromatic carbocycles. The van der Waals surface area contributed by atoms with Crippen LogP contribution in [0.25, 0.3) is 0 Å². The molecule has 1 aliphatic carbocycles. The molecule has 114 valence electrons. The quantitative estimate of drug-likeness (QED) is 0.832. The number of aliphatic carboxylic acids is 1. The summed E-state index contributed by atoms with van der Waals surface area (Å²) in [5.74, 6) is -0.655. The van der Waals surface area contributed by atoms with Crippen LogP contribution in [0.3, 0.4) is 0 Å². The van der Waals surface area contributed by atoms with E-state index >= 15 is 0 Å². The highest BCUT2D eigenvalue weighted by Gasteiger charge is 2.35. The molecular formula is C15H26N2O3. The fourth-order valence-corrected chi connectivity index (χ4v) is 3.60. The fourth-order valence-electron chi connectivity index (χ4n) is 3.60. The first-order valence-electron chi connectivity index (χ1n) is 7.90. The molecule has 2 N–H and O–H groups in total. The van der Waals surface area contributed by atoms with Crippen LogP contribution in [0, 0.1) is 11.8 Å². The summed E-state index contributed by atoms with van der Waals surface area (Å²) in [5, 5.41) is 11.8. The number of nitrogens with zero attached hydrogens (tertiary/aromatic N) is 1. The molecule has 1 saturated heterocycles. The number of carbonyl (C=O) groups is 2. The van der Waals surface area contributed by atoms with E-state index in [2.05, 4.69) is 5.32 Å². The summed E-state index contributed by atoms with van der Waals surface area (Å²) in [4.78, 5) is 25.3. The molecule has 5 nitrogen and oxygen atoms in total. The number of piperidine rings is 1. The first-order chi connectivity index (χ1) is 9.63. The van der Waals surface area contributed by atoms with Gasteiger partial charge in [-0.3, -0.25) is 4.79 Å². The van der Waals surface area contributed by atoms with Crippen LogP contribution in [0.4, 0.5) is 4.79 Å². The Morgan fingerprint density at radius 2 is 1.95 bits per heavy atom. The third kappa shape index (κ3) is 3.44. The van der Waals surface area contributed by atoms with Gasteiger partial charge in [-0.1, -0.05) is 19.8 Å². The number of fused-ring (bicyclic) bond motifs is 1. The molecule has 2 aliphatic rings. The Morgan fingerprint density at radius 1 is 1.25 bits per heavy atom. The zero-order chi connectivity index (χ0) is 14.5. The standard InChI is InChI=1S/C15H26N2O3/c1-2-11(14(18)19)10-16-15(20)17-9-5-7-12-6-3-4-8-13(12)17/h11-13H,2-10H2,1H3,(H,16,20)(H,18,19)/t11?,12-,13-/m1/s1. The summed E-state index contributed by atoms with van der Waals surface area (Å²) in [6.45, 7) is 2.89. The van der Waals surface area contributed by atoms with Crippen molar-refractivity contribution in [2.24, 2.45) is 11.8 Å². The van der Waals surface area contributed by atoms with Gasteiger partial charge >= 0.3 is 12.0 Å². The van der Waals surface area contributed by atoms with Crippen molar-refractivity contribution in [3.05, 3.63) is 0 Å². The summed E-state index contributed by atoms with van der Waals surface area (Å²) < 4.78 is 0. The molecule has 1 unspecified atom stereocenters. The van der Waals surface area contributed by atoms with E-state index in [0.717, 1.165) is 19.4 Å². The van der Waals surface area contributed by atoms with Gasteiger partial charge in [-0.2, -0.15) is 0 Å². The number of rotatable bonds is 4. The van der Waals surface area contributed by atoms with Crippen molar-refractivity contribution in [1.82, 2.24) is 10.2 Å². The van der Waals surface area contributed by atoms with Gasteiger partial charge in [-0.15, -0.1) is 0 Å². The van der Waals surface area contributed by atoms with E-state index in [4.69, 9.17) is 5.11 Å². The molecule has 20 heavy (non-hydrogen) atoms. The van der Waals surface area contributed by atoms with Crippen molar-refractivity contribution in [2.75, 3.05) is 13.1 Å². The summed E-state index contributed by atoms with van der Waals surface area (Å²) >= 11 is 0. The largest absolute Gasteiger partial charge is 0.481 e. The number of urea groups is 1. The summed E-state index contributed by atoms with van der Waals surface area (Å²) in [5.41, 5.74) is 0. The third-order valence-corrected chi connectivity index (χ3v) is 4.85. The number of carbonyl (C=O) groups excluding carboxylic acids is 1. The molecule has 0 aromatic heterocycles. The Kier molecular flexibility index (Phi) is 5.26. The first-order valence-corrected chi connectivity index (χ1v) is 7.90. The molecule has 1 aliphatic heterocycles. The van der Waals surface area contributed by atoms with Gasteiger partial charge in [-0.25, -0.2) is 4.79 Å². The number of amides is 2. The third-order valence-electron chi connectivity index (χ3n) is 4.85. The Morgan fingerprint density at radius 3 is 2.65 bits per heavy atom. The van der Waals surface area contributed by atoms with Crippen LogP contribution in [0.5, 0.6) is 0 Å². The van der Waals surface area contributed by atoms with Crippen LogP contribution in [-0.4, -0.2) is 41.1 Å². The predicted octanol–water partition coefficient (Wildman–Crippen LogP) is 2.46. The zero-order valence-corrected chi connectivity index (χ0v) is 12.3. The summed E-state index contributed by atoms with van der Waals surface area (Å²) in [7, 11) is 0. The van der Waals surface area contributed by atoms with Crippen molar-refractivity contribution in [2.45, 2.75) is 57.9 Å². The van der Waals surface area contributed by atoms with E-state index in [1.165, 1.54) is 25.7 Å². The maximum atomic E-state index is 12.3. The molecule has 2 rings (SSSR count). The van der Waals surface area contributed by atoms with E-state index in [9.17, 15) is 9.59 Å². The van der Waals surface area contributed by atoms with Crippen molar-refractivity contribution in [3.63, 3.8) is 0 Å². The average Bonchev–Trinajstić information content (AvgIpc) is 2.46. The van der Waals surface area contributed by atoms with Crippen molar-refractivity contribution < 1.29 is 14.7 Å². The zero-order valence-electron chi connectivity index (χ0n) is 12.3. The topological polar surface area (TPSA) is 69.6 Å². The minimum Gasteiger partial charge on any atom is -0.481 e. The minimum absolute atomic E-state index is 0.0682. The molecule has 5 heteroatoms. The number of likely N-dealkylation sites (tertiary alicyclic amines) is 1. The van der Waals surface area contributed by atoms with Crippen LogP contribution >= 0.6 is 0 Å². The summed E-state index contributed by atoms with van der Waals surface area (Å²) in [6.07, 6.45) is 7.69. The molecule has 2 amide bonds. The minimum atomic E-state index is -0.831. The van der Waals surface area contributed by atoms with Crippen molar-refractivity contribution in [1.29, 1.82) is 0 Å². The van der Waals surface area contributed by atoms with Gasteiger partial charge < -0.3 is 15.3 Å². The van der Waals surface area contributed by atoms with Gasteiger partial charge in [0.15, 0.2) is 0 Å². The number of carboxylic acid groups (broad SMARTS) is 1. The number of hydrogen-bond donors (Lipinski definition) is 2. The van der Waals surface area contributed by atoms with Crippen LogP contribution in [-0.2, 0) is 4.79 Å². The smallest absolute Gasteiger partial charge is 0.317 e. The van der Waals surface area contributed by atoms with E-state index in [1.54, 1.807) is 0 Å². The van der Waals surface area contributed by atoms with E-state index in [0.29, 0.717) is 18.4 Å². The van der Waals surface area contributed by atoms with Crippen LogP contribution < -0.4 is 5.32 Å². The van der Waals surface area contributed by atoms with Crippen LogP contribution in [0.1, 0.15) is 51.9 Å². The lowest BCUT2D eigenvalue weighted by atomic mass is 9.78. The number of hydrogen-bond acceptors (Lipinski definition) is 2. The van der Waals surface area contributed by atoms with Gasteiger partial charge in [0.1, 0.15) is 0 Å². The van der Waals surface area contributed by atoms with Crippen molar-refractivity contribution in [3.8, 4) is 0 Å². The highest BCUT2D eigenvalue weighted by atomic mass is 16.4. The maximum Gasteiger partial charge on any atom is 0.317 e. The summed E-state index contributed by atoms with van der Waals surface area (Å²) in [6, 6.07) is 0.309. The molecule has 0 bridgehead atoms. The van der Waals surface area contributed by atoms with Crippen molar-refractivity contribution >= 4 is 12.0 Å². The molecule has 2 fully saturated rings. The second-order valence-electron chi connectivity index (χ2n) is 6.08. The molecule has 0 radical (unpaired) electrons. The lowest BCUT2D eigenvalue weighted by Crippen LogP contribution is -2.53. The second-order valence-corrected chi connectivity index (χ2v) is 6.08. The van der Waals surface area contributed by atoms with Gasteiger partial charge in [0.2, 0.25) is 0 Å². The van der Waals surface area contributed by atoms with Crippen LogP contribution in [0.2, 0.25) is 0 Å². The SMILES string of the molecule is CCC(CNC(=O)N1CCC[C@H]2CCCC[C@H]21)C(=O)O. The monoisotopic (exact) mass is 282 g/mol. The van der Waals surface area contributed by atoms with Gasteiger partial charge in [0.05, 0.1) is 5.92 Å². The van der Waals surface area contributed by atoms with E-state index in [1.807, 2.05) is 11.8 Å². The maximum absolute atomic E-state index is 12.3.